The molecule has 72 valence electrons. The molecule has 1 aromatic rings. The summed E-state index contributed by atoms with van der Waals surface area (Å²) in [4.78, 5) is 11.5. The van der Waals surface area contributed by atoms with Crippen molar-refractivity contribution in [1.29, 1.82) is 0 Å². The number of rotatable bonds is 2. The number of ketones is 1. The summed E-state index contributed by atoms with van der Waals surface area (Å²) in [6, 6.07) is 5.61. The Morgan fingerprint density at radius 2 is 2.36 bits per heavy atom. The van der Waals surface area contributed by atoms with Crippen molar-refractivity contribution in [2.24, 2.45) is 0 Å². The standard InChI is InChI=1S/C12H12O2/c1-2-3-11(13)9-4-5-12-10(8-9)6-7-14-12/h2-5,8H,6-7H2,1H3/b3-2+. The van der Waals surface area contributed by atoms with E-state index in [1.807, 2.05) is 25.1 Å². The molecule has 0 aromatic heterocycles. The van der Waals surface area contributed by atoms with E-state index in [9.17, 15) is 4.79 Å². The minimum atomic E-state index is 0.0576. The molecule has 0 aliphatic carbocycles. The van der Waals surface area contributed by atoms with Crippen LogP contribution in [-0.4, -0.2) is 12.4 Å². The monoisotopic (exact) mass is 188 g/mol. The topological polar surface area (TPSA) is 26.3 Å². The zero-order valence-corrected chi connectivity index (χ0v) is 8.12. The summed E-state index contributed by atoms with van der Waals surface area (Å²) in [6.45, 7) is 2.57. The Hall–Kier alpha value is -1.57. The van der Waals surface area contributed by atoms with Gasteiger partial charge in [0.1, 0.15) is 5.75 Å². The predicted octanol–water partition coefficient (Wildman–Crippen LogP) is 2.38. The fourth-order valence-corrected chi connectivity index (χ4v) is 1.59. The quantitative estimate of drug-likeness (QED) is 0.526. The van der Waals surface area contributed by atoms with E-state index < -0.39 is 0 Å². The molecule has 2 nitrogen and oxygen atoms in total. The molecule has 0 amide bonds. The number of fused-ring (bicyclic) bond motifs is 1. The molecule has 0 N–H and O–H groups in total. The van der Waals surface area contributed by atoms with Crippen LogP contribution in [-0.2, 0) is 6.42 Å². The van der Waals surface area contributed by atoms with Gasteiger partial charge >= 0.3 is 0 Å². The van der Waals surface area contributed by atoms with Gasteiger partial charge in [0.15, 0.2) is 5.78 Å². The van der Waals surface area contributed by atoms with E-state index in [-0.39, 0.29) is 5.78 Å². The Morgan fingerprint density at radius 3 is 3.14 bits per heavy atom. The van der Waals surface area contributed by atoms with Gasteiger partial charge < -0.3 is 4.74 Å². The number of carbonyl (C=O) groups is 1. The molecule has 1 aliphatic rings. The van der Waals surface area contributed by atoms with Gasteiger partial charge in [-0.15, -0.1) is 0 Å². The third kappa shape index (κ3) is 1.55. The van der Waals surface area contributed by atoms with Crippen LogP contribution in [0.4, 0.5) is 0 Å². The normalized spacial score (nSPS) is 14.1. The first-order valence-electron chi connectivity index (χ1n) is 4.74. The van der Waals surface area contributed by atoms with Gasteiger partial charge in [-0.3, -0.25) is 4.79 Å². The highest BCUT2D eigenvalue weighted by atomic mass is 16.5. The number of ether oxygens (including phenoxy) is 1. The Kier molecular flexibility index (Phi) is 2.35. The minimum absolute atomic E-state index is 0.0576. The van der Waals surface area contributed by atoms with Crippen molar-refractivity contribution >= 4 is 5.78 Å². The molecular formula is C12H12O2. The van der Waals surface area contributed by atoms with Gasteiger partial charge in [-0.2, -0.15) is 0 Å². The summed E-state index contributed by atoms with van der Waals surface area (Å²) >= 11 is 0. The van der Waals surface area contributed by atoms with E-state index >= 15 is 0 Å². The lowest BCUT2D eigenvalue weighted by Crippen LogP contribution is -1.94. The van der Waals surface area contributed by atoms with Crippen LogP contribution >= 0.6 is 0 Å². The average molecular weight is 188 g/mol. The second-order valence-electron chi connectivity index (χ2n) is 3.29. The molecule has 1 aliphatic heterocycles. The zero-order chi connectivity index (χ0) is 9.97. The van der Waals surface area contributed by atoms with Crippen molar-refractivity contribution in [2.75, 3.05) is 6.61 Å². The lowest BCUT2D eigenvalue weighted by molar-refractivity contribution is 0.104. The smallest absolute Gasteiger partial charge is 0.185 e. The van der Waals surface area contributed by atoms with Crippen molar-refractivity contribution in [3.05, 3.63) is 41.5 Å². The molecule has 14 heavy (non-hydrogen) atoms. The molecular weight excluding hydrogens is 176 g/mol. The predicted molar refractivity (Wildman–Crippen MR) is 54.8 cm³/mol. The third-order valence-corrected chi connectivity index (χ3v) is 2.29. The van der Waals surface area contributed by atoms with Crippen LogP contribution in [0.1, 0.15) is 22.8 Å². The van der Waals surface area contributed by atoms with Gasteiger partial charge in [-0.25, -0.2) is 0 Å². The summed E-state index contributed by atoms with van der Waals surface area (Å²) < 4.78 is 5.36. The maximum Gasteiger partial charge on any atom is 0.185 e. The fourth-order valence-electron chi connectivity index (χ4n) is 1.59. The third-order valence-electron chi connectivity index (χ3n) is 2.29. The van der Waals surface area contributed by atoms with E-state index in [1.54, 1.807) is 12.2 Å². The van der Waals surface area contributed by atoms with Crippen molar-refractivity contribution in [1.82, 2.24) is 0 Å². The first kappa shape index (κ1) is 9.00. The summed E-state index contributed by atoms with van der Waals surface area (Å²) in [5.41, 5.74) is 1.88. The number of hydrogen-bond donors (Lipinski definition) is 0. The van der Waals surface area contributed by atoms with Crippen molar-refractivity contribution in [2.45, 2.75) is 13.3 Å². The minimum Gasteiger partial charge on any atom is -0.493 e. The van der Waals surface area contributed by atoms with Crippen LogP contribution in [0.5, 0.6) is 5.75 Å². The molecule has 0 bridgehead atoms. The van der Waals surface area contributed by atoms with Gasteiger partial charge in [0, 0.05) is 12.0 Å². The Labute approximate surface area is 83.2 Å². The zero-order valence-electron chi connectivity index (χ0n) is 8.12. The second-order valence-corrected chi connectivity index (χ2v) is 3.29. The molecule has 0 atom stereocenters. The summed E-state index contributed by atoms with van der Waals surface area (Å²) in [5, 5.41) is 0. The molecule has 0 spiro atoms. The highest BCUT2D eigenvalue weighted by molar-refractivity contribution is 6.04. The molecule has 0 fully saturated rings. The summed E-state index contributed by atoms with van der Waals surface area (Å²) in [7, 11) is 0. The van der Waals surface area contributed by atoms with Crippen LogP contribution in [0.3, 0.4) is 0 Å². The first-order chi connectivity index (χ1) is 6.81. The number of allylic oxidation sites excluding steroid dienone is 2. The number of benzene rings is 1. The van der Waals surface area contributed by atoms with Crippen molar-refractivity contribution in [3.8, 4) is 5.75 Å². The van der Waals surface area contributed by atoms with Crippen LogP contribution in [0, 0.1) is 0 Å². The Balaban J connectivity index is 2.33. The van der Waals surface area contributed by atoms with Crippen LogP contribution in [0.2, 0.25) is 0 Å². The largest absolute Gasteiger partial charge is 0.493 e. The van der Waals surface area contributed by atoms with Crippen LogP contribution in [0.15, 0.2) is 30.4 Å². The van der Waals surface area contributed by atoms with E-state index in [0.717, 1.165) is 29.9 Å². The highest BCUT2D eigenvalue weighted by Gasteiger charge is 2.13. The maximum absolute atomic E-state index is 11.5. The molecule has 0 saturated carbocycles. The number of hydrogen-bond acceptors (Lipinski definition) is 2. The average Bonchev–Trinajstić information content (AvgIpc) is 2.64. The van der Waals surface area contributed by atoms with Gasteiger partial charge in [-0.05, 0) is 36.8 Å². The highest BCUT2D eigenvalue weighted by Crippen LogP contribution is 2.25. The van der Waals surface area contributed by atoms with Gasteiger partial charge in [0.2, 0.25) is 0 Å². The summed E-state index contributed by atoms with van der Waals surface area (Å²) in [5.74, 6) is 0.976. The molecule has 0 unspecified atom stereocenters. The van der Waals surface area contributed by atoms with E-state index in [0.29, 0.717) is 0 Å². The van der Waals surface area contributed by atoms with Gasteiger partial charge in [0.05, 0.1) is 6.61 Å². The SMILES string of the molecule is C/C=C/C(=O)c1ccc2c(c1)CCO2. The first-order valence-corrected chi connectivity index (χ1v) is 4.74. The Bertz CT molecular complexity index is 391. The molecule has 1 aromatic carbocycles. The van der Waals surface area contributed by atoms with Crippen molar-refractivity contribution < 1.29 is 9.53 Å². The molecule has 0 radical (unpaired) electrons. The molecule has 2 rings (SSSR count). The lowest BCUT2D eigenvalue weighted by Gasteiger charge is -2.00. The lowest BCUT2D eigenvalue weighted by atomic mass is 10.1. The molecule has 2 heteroatoms. The molecule has 1 heterocycles. The Morgan fingerprint density at radius 1 is 1.50 bits per heavy atom. The maximum atomic E-state index is 11.5. The second kappa shape index (κ2) is 3.66. The van der Waals surface area contributed by atoms with Crippen LogP contribution in [0.25, 0.3) is 0 Å². The van der Waals surface area contributed by atoms with E-state index in [2.05, 4.69) is 0 Å². The van der Waals surface area contributed by atoms with Crippen LogP contribution < -0.4 is 4.74 Å². The summed E-state index contributed by atoms with van der Waals surface area (Å²) in [6.07, 6.45) is 4.25. The molecule has 0 saturated heterocycles. The van der Waals surface area contributed by atoms with Crippen molar-refractivity contribution in [3.63, 3.8) is 0 Å². The van der Waals surface area contributed by atoms with Gasteiger partial charge in [0.25, 0.3) is 0 Å². The number of carbonyl (C=O) groups excluding carboxylic acids is 1. The fraction of sp³-hybridized carbons (Fsp3) is 0.250. The van der Waals surface area contributed by atoms with Gasteiger partial charge in [-0.1, -0.05) is 6.08 Å². The van der Waals surface area contributed by atoms with E-state index in [1.165, 1.54) is 0 Å². The van der Waals surface area contributed by atoms with E-state index in [4.69, 9.17) is 4.74 Å².